The van der Waals surface area contributed by atoms with E-state index in [0.29, 0.717) is 0 Å². The molecule has 1 heterocycles. The van der Waals surface area contributed by atoms with Crippen molar-refractivity contribution in [3.05, 3.63) is 0 Å². The van der Waals surface area contributed by atoms with E-state index in [0.717, 1.165) is 5.92 Å². The van der Waals surface area contributed by atoms with Crippen LogP contribution in [-0.4, -0.2) is 11.5 Å². The van der Waals surface area contributed by atoms with E-state index in [-0.39, 0.29) is 0 Å². The summed E-state index contributed by atoms with van der Waals surface area (Å²) in [5, 5.41) is 0. The van der Waals surface area contributed by atoms with E-state index in [1.54, 1.807) is 0 Å². The fourth-order valence-electron chi connectivity index (χ4n) is 0.905. The molecule has 1 aliphatic heterocycles. The zero-order valence-corrected chi connectivity index (χ0v) is 5.63. The monoisotopic (exact) mass is 116 g/mol. The predicted octanol–water partition coefficient (Wildman–Crippen LogP) is 2.15. The molecule has 0 bridgehead atoms. The quantitative estimate of drug-likeness (QED) is 0.506. The molecular formula is C6H12S. The van der Waals surface area contributed by atoms with Crippen molar-refractivity contribution in [3.8, 4) is 0 Å². The van der Waals surface area contributed by atoms with Crippen LogP contribution < -0.4 is 0 Å². The Hall–Kier alpha value is 0.350. The molecule has 1 heteroatoms. The maximum Gasteiger partial charge on any atom is -0.00389 e. The largest absolute Gasteiger partial charge is 0.162 e. The zero-order valence-electron chi connectivity index (χ0n) is 4.81. The summed E-state index contributed by atoms with van der Waals surface area (Å²) in [5.41, 5.74) is 0. The Morgan fingerprint density at radius 3 is 2.86 bits per heavy atom. The van der Waals surface area contributed by atoms with Gasteiger partial charge in [-0.1, -0.05) is 13.3 Å². The van der Waals surface area contributed by atoms with E-state index < -0.39 is 0 Å². The van der Waals surface area contributed by atoms with Gasteiger partial charge in [0.15, 0.2) is 0 Å². The average molecular weight is 116 g/mol. The molecule has 1 atom stereocenters. The molecule has 0 unspecified atom stereocenters. The van der Waals surface area contributed by atoms with Gasteiger partial charge in [0.05, 0.1) is 0 Å². The normalized spacial score (nSPS) is 31.3. The molecule has 0 aliphatic carbocycles. The number of hydrogen-bond acceptors (Lipinski definition) is 1. The third kappa shape index (κ3) is 1.37. The molecule has 0 nitrogen and oxygen atoms in total. The minimum absolute atomic E-state index is 1.06. The molecule has 1 aliphatic rings. The van der Waals surface area contributed by atoms with Gasteiger partial charge in [0.25, 0.3) is 0 Å². The van der Waals surface area contributed by atoms with Gasteiger partial charge in [0.2, 0.25) is 0 Å². The molecule has 0 aromatic rings. The maximum absolute atomic E-state index is 2.29. The molecule has 0 spiro atoms. The third-order valence-electron chi connectivity index (χ3n) is 1.60. The van der Waals surface area contributed by atoms with Crippen LogP contribution in [-0.2, 0) is 0 Å². The highest BCUT2D eigenvalue weighted by atomic mass is 32.2. The van der Waals surface area contributed by atoms with Crippen molar-refractivity contribution in [2.75, 3.05) is 11.5 Å². The lowest BCUT2D eigenvalue weighted by molar-refractivity contribution is 0.578. The Balaban J connectivity index is 2.14. The highest BCUT2D eigenvalue weighted by Gasteiger charge is 2.11. The van der Waals surface area contributed by atoms with Gasteiger partial charge in [-0.05, 0) is 23.8 Å². The Morgan fingerprint density at radius 1 is 1.71 bits per heavy atom. The van der Waals surface area contributed by atoms with Crippen molar-refractivity contribution in [2.24, 2.45) is 5.92 Å². The van der Waals surface area contributed by atoms with E-state index in [4.69, 9.17) is 0 Å². The number of rotatable bonds is 1. The van der Waals surface area contributed by atoms with Gasteiger partial charge < -0.3 is 0 Å². The molecule has 1 saturated heterocycles. The van der Waals surface area contributed by atoms with Crippen LogP contribution in [0.5, 0.6) is 0 Å². The summed E-state index contributed by atoms with van der Waals surface area (Å²) in [4.78, 5) is 0. The molecule has 7 heavy (non-hydrogen) atoms. The lowest BCUT2D eigenvalue weighted by Crippen LogP contribution is -1.92. The Morgan fingerprint density at radius 2 is 2.57 bits per heavy atom. The first-order valence-corrected chi connectivity index (χ1v) is 4.16. The standard InChI is InChI=1S/C6H12S/c1-2-6-3-4-7-5-6/h6H,2-5H2,1H3/t6-/m0/s1. The zero-order chi connectivity index (χ0) is 5.11. The summed E-state index contributed by atoms with van der Waals surface area (Å²) < 4.78 is 0. The lowest BCUT2D eigenvalue weighted by Gasteiger charge is -1.98. The fraction of sp³-hybridized carbons (Fsp3) is 1.00. The molecule has 0 aromatic carbocycles. The Bertz CT molecular complexity index is 46.1. The van der Waals surface area contributed by atoms with Crippen molar-refractivity contribution >= 4 is 11.8 Å². The topological polar surface area (TPSA) is 0 Å². The van der Waals surface area contributed by atoms with E-state index >= 15 is 0 Å². The summed E-state index contributed by atoms with van der Waals surface area (Å²) in [5.74, 6) is 3.90. The van der Waals surface area contributed by atoms with Crippen LogP contribution in [0.1, 0.15) is 19.8 Å². The molecule has 0 saturated carbocycles. The van der Waals surface area contributed by atoms with Gasteiger partial charge >= 0.3 is 0 Å². The smallest absolute Gasteiger partial charge is 0.00389 e. The van der Waals surface area contributed by atoms with Gasteiger partial charge in [0.1, 0.15) is 0 Å². The van der Waals surface area contributed by atoms with Crippen molar-refractivity contribution in [2.45, 2.75) is 19.8 Å². The summed E-state index contributed by atoms with van der Waals surface area (Å²) in [6.45, 7) is 2.29. The van der Waals surface area contributed by atoms with Crippen LogP contribution in [0.4, 0.5) is 0 Å². The van der Waals surface area contributed by atoms with Gasteiger partial charge in [-0.15, -0.1) is 0 Å². The first-order chi connectivity index (χ1) is 3.43. The average Bonchev–Trinajstić information content (AvgIpc) is 2.14. The summed E-state index contributed by atoms with van der Waals surface area (Å²) in [6, 6.07) is 0. The fourth-order valence-corrected chi connectivity index (χ4v) is 2.31. The van der Waals surface area contributed by atoms with Crippen LogP contribution in [0.3, 0.4) is 0 Å². The molecule has 1 fully saturated rings. The van der Waals surface area contributed by atoms with Gasteiger partial charge in [-0.2, -0.15) is 11.8 Å². The van der Waals surface area contributed by atoms with Crippen LogP contribution >= 0.6 is 11.8 Å². The van der Waals surface area contributed by atoms with E-state index in [2.05, 4.69) is 18.7 Å². The second kappa shape index (κ2) is 2.61. The number of thioether (sulfide) groups is 1. The molecule has 0 amide bonds. The molecule has 0 aromatic heterocycles. The van der Waals surface area contributed by atoms with Crippen LogP contribution in [0, 0.1) is 5.92 Å². The summed E-state index contributed by atoms with van der Waals surface area (Å²) in [6.07, 6.45) is 2.87. The highest BCUT2D eigenvalue weighted by molar-refractivity contribution is 7.99. The second-order valence-corrected chi connectivity index (χ2v) is 3.29. The van der Waals surface area contributed by atoms with Gasteiger partial charge in [-0.3, -0.25) is 0 Å². The van der Waals surface area contributed by atoms with Crippen molar-refractivity contribution < 1.29 is 0 Å². The van der Waals surface area contributed by atoms with E-state index in [9.17, 15) is 0 Å². The Labute approximate surface area is 49.7 Å². The first-order valence-electron chi connectivity index (χ1n) is 3.01. The van der Waals surface area contributed by atoms with Crippen LogP contribution in [0.2, 0.25) is 0 Å². The molecule has 0 radical (unpaired) electrons. The van der Waals surface area contributed by atoms with Crippen molar-refractivity contribution in [3.63, 3.8) is 0 Å². The van der Waals surface area contributed by atoms with Gasteiger partial charge in [0, 0.05) is 0 Å². The SMILES string of the molecule is CC[C@H]1CCSC1. The maximum atomic E-state index is 2.29. The third-order valence-corrected chi connectivity index (χ3v) is 2.83. The first kappa shape index (κ1) is 5.49. The summed E-state index contributed by atoms with van der Waals surface area (Å²) >= 11 is 2.11. The minimum Gasteiger partial charge on any atom is -0.162 e. The number of hydrogen-bond donors (Lipinski definition) is 0. The van der Waals surface area contributed by atoms with E-state index in [1.165, 1.54) is 24.3 Å². The Kier molecular flexibility index (Phi) is 2.04. The van der Waals surface area contributed by atoms with Gasteiger partial charge in [-0.25, -0.2) is 0 Å². The molecule has 0 N–H and O–H groups in total. The van der Waals surface area contributed by atoms with E-state index in [1.807, 2.05) is 0 Å². The summed E-state index contributed by atoms with van der Waals surface area (Å²) in [7, 11) is 0. The second-order valence-electron chi connectivity index (χ2n) is 2.14. The highest BCUT2D eigenvalue weighted by Crippen LogP contribution is 2.25. The van der Waals surface area contributed by atoms with Crippen LogP contribution in [0.25, 0.3) is 0 Å². The predicted molar refractivity (Wildman–Crippen MR) is 35.7 cm³/mol. The molecule has 1 rings (SSSR count). The molecular weight excluding hydrogens is 104 g/mol. The van der Waals surface area contributed by atoms with Crippen LogP contribution in [0.15, 0.2) is 0 Å². The lowest BCUT2D eigenvalue weighted by atomic mass is 10.1. The minimum atomic E-state index is 1.06. The van der Waals surface area contributed by atoms with Crippen molar-refractivity contribution in [1.29, 1.82) is 0 Å². The van der Waals surface area contributed by atoms with Crippen molar-refractivity contribution in [1.82, 2.24) is 0 Å². The molecule has 42 valence electrons.